The van der Waals surface area contributed by atoms with Crippen molar-refractivity contribution in [3.63, 3.8) is 0 Å². The summed E-state index contributed by atoms with van der Waals surface area (Å²) >= 11 is 0. The van der Waals surface area contributed by atoms with E-state index in [4.69, 9.17) is 13.9 Å². The fourth-order valence-corrected chi connectivity index (χ4v) is 3.43. The molecule has 170 valence electrons. The van der Waals surface area contributed by atoms with Crippen molar-refractivity contribution in [1.82, 2.24) is 0 Å². The largest absolute Gasteiger partial charge is 0.508 e. The predicted octanol–water partition coefficient (Wildman–Crippen LogP) is -0.245. The molecule has 2 aromatic carbocycles. The van der Waals surface area contributed by atoms with Crippen LogP contribution in [0.15, 0.2) is 45.6 Å². The molecule has 7 N–H and O–H groups in total. The fourth-order valence-electron chi connectivity index (χ4n) is 3.43. The van der Waals surface area contributed by atoms with Crippen LogP contribution in [0.5, 0.6) is 23.0 Å². The van der Waals surface area contributed by atoms with Crippen LogP contribution in [-0.4, -0.2) is 73.1 Å². The SMILES string of the molecule is O=c1cc(-c2ccc(O)cc2)oc2c(O)c(O)cc(O[C@@H]3O[C@H](CO)[C@@H](O)[C@H](O)[C@H]3O)c12. The molecular formula is C21H20O11. The van der Waals surface area contributed by atoms with Gasteiger partial charge in [-0.05, 0) is 24.3 Å². The lowest BCUT2D eigenvalue weighted by molar-refractivity contribution is -0.277. The highest BCUT2D eigenvalue weighted by Gasteiger charge is 2.45. The maximum Gasteiger partial charge on any atom is 0.229 e. The Morgan fingerprint density at radius 3 is 2.28 bits per heavy atom. The lowest BCUT2D eigenvalue weighted by Gasteiger charge is -2.39. The van der Waals surface area contributed by atoms with Gasteiger partial charge in [0.25, 0.3) is 0 Å². The molecule has 1 aliphatic rings. The molecule has 5 atom stereocenters. The molecule has 1 aliphatic heterocycles. The molecule has 0 bridgehead atoms. The lowest BCUT2D eigenvalue weighted by Crippen LogP contribution is -2.60. The third-order valence-electron chi connectivity index (χ3n) is 5.16. The van der Waals surface area contributed by atoms with Gasteiger partial charge < -0.3 is 49.6 Å². The van der Waals surface area contributed by atoms with Crippen molar-refractivity contribution < 1.29 is 49.6 Å². The van der Waals surface area contributed by atoms with Crippen LogP contribution >= 0.6 is 0 Å². The normalized spacial score (nSPS) is 25.7. The van der Waals surface area contributed by atoms with Crippen molar-refractivity contribution in [1.29, 1.82) is 0 Å². The molecule has 0 aliphatic carbocycles. The average molecular weight is 448 g/mol. The quantitative estimate of drug-likeness (QED) is 0.261. The number of aliphatic hydroxyl groups is 4. The third kappa shape index (κ3) is 3.72. The van der Waals surface area contributed by atoms with Crippen LogP contribution in [0, 0.1) is 0 Å². The molecule has 1 aromatic heterocycles. The van der Waals surface area contributed by atoms with E-state index in [0.29, 0.717) is 5.56 Å². The van der Waals surface area contributed by atoms with E-state index in [9.17, 15) is 40.5 Å². The van der Waals surface area contributed by atoms with Crippen LogP contribution in [0.2, 0.25) is 0 Å². The maximum atomic E-state index is 12.9. The summed E-state index contributed by atoms with van der Waals surface area (Å²) in [5.74, 6) is -1.76. The number of rotatable bonds is 4. The molecule has 0 saturated carbocycles. The zero-order valence-corrected chi connectivity index (χ0v) is 16.3. The molecule has 32 heavy (non-hydrogen) atoms. The molecule has 3 aromatic rings. The van der Waals surface area contributed by atoms with E-state index in [2.05, 4.69) is 0 Å². The van der Waals surface area contributed by atoms with Gasteiger partial charge in [0.2, 0.25) is 12.0 Å². The Kier molecular flexibility index (Phi) is 5.67. The minimum Gasteiger partial charge on any atom is -0.508 e. The Morgan fingerprint density at radius 2 is 1.62 bits per heavy atom. The van der Waals surface area contributed by atoms with Crippen molar-refractivity contribution in [3.8, 4) is 34.3 Å². The second-order valence-corrected chi connectivity index (χ2v) is 7.28. The van der Waals surface area contributed by atoms with E-state index in [1.807, 2.05) is 0 Å². The van der Waals surface area contributed by atoms with Gasteiger partial charge in [0.15, 0.2) is 16.8 Å². The first kappa shape index (κ1) is 21.9. The number of fused-ring (bicyclic) bond motifs is 1. The highest BCUT2D eigenvalue weighted by molar-refractivity contribution is 5.91. The van der Waals surface area contributed by atoms with Gasteiger partial charge >= 0.3 is 0 Å². The Labute approximate surface area is 179 Å². The minimum absolute atomic E-state index is 0.00686. The van der Waals surface area contributed by atoms with Crippen molar-refractivity contribution in [3.05, 3.63) is 46.6 Å². The van der Waals surface area contributed by atoms with Crippen LogP contribution in [-0.2, 0) is 4.74 Å². The van der Waals surface area contributed by atoms with Crippen molar-refractivity contribution in [2.24, 2.45) is 0 Å². The predicted molar refractivity (Wildman–Crippen MR) is 107 cm³/mol. The number of aromatic hydroxyl groups is 3. The number of phenolic OH excluding ortho intramolecular Hbond substituents is 3. The van der Waals surface area contributed by atoms with E-state index >= 15 is 0 Å². The highest BCUT2D eigenvalue weighted by Crippen LogP contribution is 2.41. The Hall–Kier alpha value is -3.35. The first-order chi connectivity index (χ1) is 15.2. The number of phenols is 3. The summed E-state index contributed by atoms with van der Waals surface area (Å²) in [6, 6.07) is 7.70. The molecule has 0 radical (unpaired) electrons. The van der Waals surface area contributed by atoms with Gasteiger partial charge in [-0.25, -0.2) is 0 Å². The number of aliphatic hydroxyl groups excluding tert-OH is 4. The van der Waals surface area contributed by atoms with E-state index in [0.717, 1.165) is 12.1 Å². The second kappa shape index (κ2) is 8.30. The zero-order chi connectivity index (χ0) is 23.2. The monoisotopic (exact) mass is 448 g/mol. The van der Waals surface area contributed by atoms with E-state index in [-0.39, 0.29) is 22.6 Å². The molecule has 1 fully saturated rings. The van der Waals surface area contributed by atoms with Crippen LogP contribution in [0.3, 0.4) is 0 Å². The molecule has 11 heteroatoms. The number of hydrogen-bond donors (Lipinski definition) is 7. The van der Waals surface area contributed by atoms with Gasteiger partial charge in [-0.1, -0.05) is 0 Å². The van der Waals surface area contributed by atoms with Crippen LogP contribution in [0.4, 0.5) is 0 Å². The van der Waals surface area contributed by atoms with Crippen LogP contribution in [0.1, 0.15) is 0 Å². The van der Waals surface area contributed by atoms with Gasteiger partial charge in [-0.2, -0.15) is 0 Å². The average Bonchev–Trinajstić information content (AvgIpc) is 2.77. The molecule has 0 amide bonds. The van der Waals surface area contributed by atoms with Crippen molar-refractivity contribution in [2.45, 2.75) is 30.7 Å². The van der Waals surface area contributed by atoms with E-state index in [1.54, 1.807) is 0 Å². The van der Waals surface area contributed by atoms with E-state index < -0.39 is 59.8 Å². The third-order valence-corrected chi connectivity index (χ3v) is 5.16. The lowest BCUT2D eigenvalue weighted by atomic mass is 9.99. The zero-order valence-electron chi connectivity index (χ0n) is 16.3. The van der Waals surface area contributed by atoms with Gasteiger partial charge in [-0.15, -0.1) is 0 Å². The molecule has 2 heterocycles. The number of benzene rings is 2. The summed E-state index contributed by atoms with van der Waals surface area (Å²) in [5.41, 5.74) is -0.690. The Bertz CT molecular complexity index is 1190. The molecular weight excluding hydrogens is 428 g/mol. The molecule has 0 spiro atoms. The van der Waals surface area contributed by atoms with Gasteiger partial charge in [0, 0.05) is 17.7 Å². The summed E-state index contributed by atoms with van der Waals surface area (Å²) < 4.78 is 16.4. The molecule has 11 nitrogen and oxygen atoms in total. The standard InChI is InChI=1S/C21H20O11/c22-7-14-17(27)18(28)19(29)21(32-14)31-13-6-11(25)16(26)20-15(13)10(24)5-12(30-20)8-1-3-9(23)4-2-8/h1-6,14,17-19,21-23,25-29H,7H2/t14-,17-,18+,19-,21-/m1/s1. The van der Waals surface area contributed by atoms with E-state index in [1.165, 1.54) is 24.3 Å². The first-order valence-corrected chi connectivity index (χ1v) is 9.50. The van der Waals surface area contributed by atoms with Gasteiger partial charge in [0.05, 0.1) is 6.61 Å². The van der Waals surface area contributed by atoms with Crippen molar-refractivity contribution >= 4 is 11.0 Å². The molecule has 1 saturated heterocycles. The number of ether oxygens (including phenoxy) is 2. The van der Waals surface area contributed by atoms with Crippen molar-refractivity contribution in [2.75, 3.05) is 6.61 Å². The summed E-state index contributed by atoms with van der Waals surface area (Å²) in [4.78, 5) is 12.9. The molecule has 0 unspecified atom stereocenters. The first-order valence-electron chi connectivity index (χ1n) is 9.50. The van der Waals surface area contributed by atoms with Gasteiger partial charge in [0.1, 0.15) is 47.1 Å². The summed E-state index contributed by atoms with van der Waals surface area (Å²) in [5, 5.41) is 68.9. The van der Waals surface area contributed by atoms with Crippen LogP contribution in [0.25, 0.3) is 22.3 Å². The Morgan fingerprint density at radius 1 is 0.938 bits per heavy atom. The van der Waals surface area contributed by atoms with Crippen LogP contribution < -0.4 is 10.2 Å². The highest BCUT2D eigenvalue weighted by atomic mass is 16.7. The summed E-state index contributed by atoms with van der Waals surface area (Å²) in [6.07, 6.45) is -7.98. The smallest absolute Gasteiger partial charge is 0.229 e. The minimum atomic E-state index is -1.76. The second-order valence-electron chi connectivity index (χ2n) is 7.28. The topological polar surface area (TPSA) is 190 Å². The number of hydrogen-bond acceptors (Lipinski definition) is 11. The summed E-state index contributed by atoms with van der Waals surface area (Å²) in [7, 11) is 0. The fraction of sp³-hybridized carbons (Fsp3) is 0.286. The summed E-state index contributed by atoms with van der Waals surface area (Å²) in [6.45, 7) is -0.690. The van der Waals surface area contributed by atoms with Gasteiger partial charge in [-0.3, -0.25) is 4.79 Å². The maximum absolute atomic E-state index is 12.9. The Balaban J connectivity index is 1.80. The molecule has 4 rings (SSSR count).